The van der Waals surface area contributed by atoms with Crippen molar-refractivity contribution >= 4 is 21.8 Å². The van der Waals surface area contributed by atoms with Gasteiger partial charge in [0.25, 0.3) is 5.91 Å². The molecule has 1 aromatic carbocycles. The molecule has 0 aliphatic carbocycles. The zero-order chi connectivity index (χ0) is 13.1. The minimum absolute atomic E-state index is 0.390. The summed E-state index contributed by atoms with van der Waals surface area (Å²) in [5.41, 5.74) is 7.61. The summed E-state index contributed by atoms with van der Waals surface area (Å²) in [5, 5.41) is 7.20. The van der Waals surface area contributed by atoms with E-state index in [1.165, 1.54) is 6.20 Å². The lowest BCUT2D eigenvalue weighted by atomic mass is 10.2. The van der Waals surface area contributed by atoms with Gasteiger partial charge in [0.15, 0.2) is 0 Å². The lowest BCUT2D eigenvalue weighted by Gasteiger charge is -2.07. The maximum absolute atomic E-state index is 11.0. The van der Waals surface area contributed by atoms with Crippen molar-refractivity contribution in [2.24, 2.45) is 5.73 Å². The van der Waals surface area contributed by atoms with Crippen molar-refractivity contribution in [3.8, 4) is 5.69 Å². The van der Waals surface area contributed by atoms with Crippen LogP contribution in [0.3, 0.4) is 0 Å². The van der Waals surface area contributed by atoms with Crippen molar-refractivity contribution in [2.75, 3.05) is 7.05 Å². The van der Waals surface area contributed by atoms with Gasteiger partial charge >= 0.3 is 0 Å². The van der Waals surface area contributed by atoms with Crippen LogP contribution in [-0.2, 0) is 6.54 Å². The standard InChI is InChI=1S/C12H13BrN4O/c1-15-5-8-2-3-11(10(13)4-8)17-7-9(6-16-17)12(14)18/h2-4,6-7,15H,5H2,1H3,(H2,14,18). The summed E-state index contributed by atoms with van der Waals surface area (Å²) >= 11 is 3.50. The van der Waals surface area contributed by atoms with Crippen LogP contribution < -0.4 is 11.1 Å². The van der Waals surface area contributed by atoms with Crippen LogP contribution in [0, 0.1) is 0 Å². The van der Waals surface area contributed by atoms with Crippen molar-refractivity contribution in [3.05, 3.63) is 46.2 Å². The summed E-state index contributed by atoms with van der Waals surface area (Å²) in [6.45, 7) is 0.796. The van der Waals surface area contributed by atoms with Crippen LogP contribution in [0.15, 0.2) is 35.1 Å². The van der Waals surface area contributed by atoms with Crippen LogP contribution in [0.1, 0.15) is 15.9 Å². The van der Waals surface area contributed by atoms with Gasteiger partial charge < -0.3 is 11.1 Å². The largest absolute Gasteiger partial charge is 0.366 e. The molecule has 0 radical (unpaired) electrons. The molecule has 0 aliphatic rings. The molecular formula is C12H13BrN4O. The molecule has 1 amide bonds. The first-order valence-corrected chi connectivity index (χ1v) is 6.19. The smallest absolute Gasteiger partial charge is 0.251 e. The van der Waals surface area contributed by atoms with Crippen LogP contribution in [0.4, 0.5) is 0 Å². The number of rotatable bonds is 4. The number of halogens is 1. The normalized spacial score (nSPS) is 10.6. The molecule has 5 nitrogen and oxygen atoms in total. The molecule has 2 rings (SSSR count). The molecule has 0 unspecified atom stereocenters. The molecule has 1 heterocycles. The van der Waals surface area contributed by atoms with E-state index < -0.39 is 5.91 Å². The number of amides is 1. The number of aromatic nitrogens is 2. The van der Waals surface area contributed by atoms with Crippen LogP contribution in [0.25, 0.3) is 5.69 Å². The highest BCUT2D eigenvalue weighted by atomic mass is 79.9. The zero-order valence-corrected chi connectivity index (χ0v) is 11.4. The summed E-state index contributed by atoms with van der Waals surface area (Å²) in [6.07, 6.45) is 3.07. The predicted molar refractivity (Wildman–Crippen MR) is 72.5 cm³/mol. The van der Waals surface area contributed by atoms with Crippen molar-refractivity contribution in [3.63, 3.8) is 0 Å². The zero-order valence-electron chi connectivity index (χ0n) is 9.85. The van der Waals surface area contributed by atoms with Crippen LogP contribution >= 0.6 is 15.9 Å². The second kappa shape index (κ2) is 5.32. The lowest BCUT2D eigenvalue weighted by Crippen LogP contribution is -2.09. The van der Waals surface area contributed by atoms with Gasteiger partial charge in [0.1, 0.15) is 0 Å². The van der Waals surface area contributed by atoms with Gasteiger partial charge in [-0.2, -0.15) is 5.10 Å². The number of nitrogens with one attached hydrogen (secondary N) is 1. The van der Waals surface area contributed by atoms with Gasteiger partial charge in [-0.15, -0.1) is 0 Å². The highest BCUT2D eigenvalue weighted by Crippen LogP contribution is 2.22. The average Bonchev–Trinajstić information content (AvgIpc) is 2.79. The number of carbonyl (C=O) groups excluding carboxylic acids is 1. The molecule has 0 fully saturated rings. The first-order chi connectivity index (χ1) is 8.61. The van der Waals surface area contributed by atoms with E-state index in [1.807, 2.05) is 25.2 Å². The Morgan fingerprint density at radius 1 is 1.56 bits per heavy atom. The second-order valence-corrected chi connectivity index (χ2v) is 4.71. The Bertz CT molecular complexity index is 579. The first-order valence-electron chi connectivity index (χ1n) is 5.39. The third kappa shape index (κ3) is 2.60. The molecule has 0 aliphatic heterocycles. The van der Waals surface area contributed by atoms with E-state index in [9.17, 15) is 4.79 Å². The Hall–Kier alpha value is -1.66. The summed E-state index contributed by atoms with van der Waals surface area (Å²) in [5.74, 6) is -0.482. The maximum atomic E-state index is 11.0. The number of benzene rings is 1. The van der Waals surface area contributed by atoms with E-state index in [2.05, 4.69) is 26.3 Å². The number of hydrogen-bond donors (Lipinski definition) is 2. The van der Waals surface area contributed by atoms with Crippen molar-refractivity contribution in [1.82, 2.24) is 15.1 Å². The average molecular weight is 309 g/mol. The number of nitrogens with zero attached hydrogens (tertiary/aromatic N) is 2. The van der Waals surface area contributed by atoms with Gasteiger partial charge in [-0.25, -0.2) is 4.68 Å². The fraction of sp³-hybridized carbons (Fsp3) is 0.167. The Morgan fingerprint density at radius 3 is 2.89 bits per heavy atom. The second-order valence-electron chi connectivity index (χ2n) is 3.85. The Balaban J connectivity index is 2.35. The molecule has 0 saturated heterocycles. The fourth-order valence-electron chi connectivity index (χ4n) is 1.63. The highest BCUT2D eigenvalue weighted by Gasteiger charge is 2.08. The molecule has 94 valence electrons. The Labute approximate surface area is 113 Å². The summed E-state index contributed by atoms with van der Waals surface area (Å²) in [6, 6.07) is 5.95. The third-order valence-corrected chi connectivity index (χ3v) is 3.14. The van der Waals surface area contributed by atoms with Crippen molar-refractivity contribution in [2.45, 2.75) is 6.54 Å². The molecule has 3 N–H and O–H groups in total. The number of carbonyl (C=O) groups is 1. The van der Waals surface area contributed by atoms with Crippen molar-refractivity contribution < 1.29 is 4.79 Å². The number of hydrogen-bond acceptors (Lipinski definition) is 3. The van der Waals surface area contributed by atoms with Crippen LogP contribution in [-0.4, -0.2) is 22.7 Å². The van der Waals surface area contributed by atoms with Gasteiger partial charge in [0.2, 0.25) is 0 Å². The van der Waals surface area contributed by atoms with Crippen LogP contribution in [0.5, 0.6) is 0 Å². The van der Waals surface area contributed by atoms with Crippen molar-refractivity contribution in [1.29, 1.82) is 0 Å². The highest BCUT2D eigenvalue weighted by molar-refractivity contribution is 9.10. The third-order valence-electron chi connectivity index (χ3n) is 2.51. The van der Waals surface area contributed by atoms with E-state index in [4.69, 9.17) is 5.73 Å². The summed E-state index contributed by atoms with van der Waals surface area (Å²) in [4.78, 5) is 11.0. The van der Waals surface area contributed by atoms with E-state index in [1.54, 1.807) is 10.9 Å². The van der Waals surface area contributed by atoms with E-state index >= 15 is 0 Å². The molecule has 0 spiro atoms. The quantitative estimate of drug-likeness (QED) is 0.898. The van der Waals surface area contributed by atoms with E-state index in [0.29, 0.717) is 5.56 Å². The minimum atomic E-state index is -0.482. The summed E-state index contributed by atoms with van der Waals surface area (Å²) in [7, 11) is 1.90. The van der Waals surface area contributed by atoms with Gasteiger partial charge in [0.05, 0.1) is 17.4 Å². The Kier molecular flexibility index (Phi) is 3.78. The molecular weight excluding hydrogens is 296 g/mol. The van der Waals surface area contributed by atoms with E-state index in [-0.39, 0.29) is 0 Å². The minimum Gasteiger partial charge on any atom is -0.366 e. The number of nitrogens with two attached hydrogens (primary N) is 1. The topological polar surface area (TPSA) is 72.9 Å². The maximum Gasteiger partial charge on any atom is 0.251 e. The number of primary amides is 1. The Morgan fingerprint density at radius 2 is 2.33 bits per heavy atom. The van der Waals surface area contributed by atoms with Gasteiger partial charge in [0, 0.05) is 17.2 Å². The first kappa shape index (κ1) is 12.8. The van der Waals surface area contributed by atoms with Crippen LogP contribution in [0.2, 0.25) is 0 Å². The van der Waals surface area contributed by atoms with E-state index in [0.717, 1.165) is 22.3 Å². The monoisotopic (exact) mass is 308 g/mol. The van der Waals surface area contributed by atoms with Gasteiger partial charge in [-0.1, -0.05) is 6.07 Å². The molecule has 0 bridgehead atoms. The summed E-state index contributed by atoms with van der Waals surface area (Å²) < 4.78 is 2.53. The fourth-order valence-corrected chi connectivity index (χ4v) is 2.24. The van der Waals surface area contributed by atoms with Gasteiger partial charge in [-0.3, -0.25) is 4.79 Å². The molecule has 2 aromatic rings. The molecule has 0 atom stereocenters. The lowest BCUT2D eigenvalue weighted by molar-refractivity contribution is 0.100. The SMILES string of the molecule is CNCc1ccc(-n2cc(C(N)=O)cn2)c(Br)c1. The molecule has 6 heteroatoms. The molecule has 18 heavy (non-hydrogen) atoms. The predicted octanol–water partition coefficient (Wildman–Crippen LogP) is 1.45. The van der Waals surface area contributed by atoms with Gasteiger partial charge in [-0.05, 0) is 40.7 Å². The molecule has 0 saturated carbocycles. The molecule has 1 aromatic heterocycles.